The molecule has 5 rings (SSSR count). The van der Waals surface area contributed by atoms with E-state index >= 15 is 0 Å². The standard InChI is InChI=1S/C23H23FN4O2.ClH/c24-20-7-6-15(11-21-17-4-1-2-5-18(17)22(29)26-25-21)10-19(20)23(30)28-13-16(14-28)12-27-8-3-9-27;/h1-2,4-7,10,16H,3,8-9,11-14H2,(H,26,29);1H. The van der Waals surface area contributed by atoms with Gasteiger partial charge >= 0.3 is 0 Å². The van der Waals surface area contributed by atoms with Gasteiger partial charge in [-0.1, -0.05) is 24.3 Å². The van der Waals surface area contributed by atoms with E-state index in [1.807, 2.05) is 12.1 Å². The molecule has 2 saturated heterocycles. The molecule has 8 heteroatoms. The van der Waals surface area contributed by atoms with Crippen LogP contribution in [0.15, 0.2) is 47.3 Å². The van der Waals surface area contributed by atoms with Crippen LogP contribution in [0.5, 0.6) is 0 Å². The average Bonchev–Trinajstić information content (AvgIpc) is 2.69. The first-order chi connectivity index (χ1) is 14.6. The lowest BCUT2D eigenvalue weighted by Gasteiger charge is -2.43. The second-order valence-electron chi connectivity index (χ2n) is 8.27. The molecule has 0 aliphatic carbocycles. The van der Waals surface area contributed by atoms with Gasteiger partial charge < -0.3 is 9.80 Å². The molecule has 162 valence electrons. The normalized spacial score (nSPS) is 16.5. The Labute approximate surface area is 185 Å². The summed E-state index contributed by atoms with van der Waals surface area (Å²) in [5, 5.41) is 8.02. The lowest BCUT2D eigenvalue weighted by atomic mass is 9.96. The molecule has 0 bridgehead atoms. The van der Waals surface area contributed by atoms with E-state index < -0.39 is 5.82 Å². The molecule has 2 aromatic carbocycles. The summed E-state index contributed by atoms with van der Waals surface area (Å²) < 4.78 is 14.4. The van der Waals surface area contributed by atoms with Crippen molar-refractivity contribution in [2.24, 2.45) is 5.92 Å². The van der Waals surface area contributed by atoms with Crippen LogP contribution in [0.3, 0.4) is 0 Å². The Morgan fingerprint density at radius 3 is 2.58 bits per heavy atom. The number of hydrogen-bond donors (Lipinski definition) is 1. The number of hydrogen-bond acceptors (Lipinski definition) is 4. The summed E-state index contributed by atoms with van der Waals surface area (Å²) >= 11 is 0. The van der Waals surface area contributed by atoms with Crippen LogP contribution in [0.2, 0.25) is 0 Å². The number of H-pyrrole nitrogens is 1. The number of aromatic amines is 1. The molecular formula is C23H24ClFN4O2. The first-order valence-corrected chi connectivity index (χ1v) is 10.3. The van der Waals surface area contributed by atoms with Crippen LogP contribution in [0.25, 0.3) is 10.8 Å². The van der Waals surface area contributed by atoms with Gasteiger partial charge in [0.05, 0.1) is 16.6 Å². The van der Waals surface area contributed by atoms with E-state index in [0.717, 1.165) is 30.6 Å². The smallest absolute Gasteiger partial charge is 0.272 e. The largest absolute Gasteiger partial charge is 0.338 e. The average molecular weight is 443 g/mol. The Hall–Kier alpha value is -2.77. The van der Waals surface area contributed by atoms with Crippen molar-refractivity contribution in [3.05, 3.63) is 75.5 Å². The summed E-state index contributed by atoms with van der Waals surface area (Å²) in [4.78, 5) is 28.9. The Morgan fingerprint density at radius 2 is 1.87 bits per heavy atom. The fourth-order valence-electron chi connectivity index (χ4n) is 4.30. The number of carbonyl (C=O) groups is 1. The summed E-state index contributed by atoms with van der Waals surface area (Å²) in [6.45, 7) is 4.69. The monoisotopic (exact) mass is 442 g/mol. The highest BCUT2D eigenvalue weighted by atomic mass is 35.5. The van der Waals surface area contributed by atoms with E-state index in [0.29, 0.717) is 36.5 Å². The number of halogens is 2. The minimum absolute atomic E-state index is 0. The number of carbonyl (C=O) groups excluding carboxylic acids is 1. The summed E-state index contributed by atoms with van der Waals surface area (Å²) in [6, 6.07) is 11.9. The quantitative estimate of drug-likeness (QED) is 0.659. The number of likely N-dealkylation sites (tertiary alicyclic amines) is 2. The molecule has 3 heterocycles. The molecule has 0 saturated carbocycles. The lowest BCUT2D eigenvalue weighted by molar-refractivity contribution is 0.0336. The predicted octanol–water partition coefficient (Wildman–Crippen LogP) is 2.85. The summed E-state index contributed by atoms with van der Waals surface area (Å²) in [7, 11) is 0. The number of fused-ring (bicyclic) bond motifs is 1. The van der Waals surface area contributed by atoms with E-state index in [-0.39, 0.29) is 29.4 Å². The van der Waals surface area contributed by atoms with E-state index in [9.17, 15) is 14.0 Å². The molecule has 1 amide bonds. The highest BCUT2D eigenvalue weighted by Crippen LogP contribution is 2.24. The first-order valence-electron chi connectivity index (χ1n) is 10.3. The molecule has 2 aliphatic rings. The lowest BCUT2D eigenvalue weighted by Crippen LogP contribution is -2.55. The van der Waals surface area contributed by atoms with Crippen LogP contribution < -0.4 is 5.56 Å². The van der Waals surface area contributed by atoms with Crippen molar-refractivity contribution in [1.29, 1.82) is 0 Å². The highest BCUT2D eigenvalue weighted by Gasteiger charge is 2.34. The number of amides is 1. The van der Waals surface area contributed by atoms with Gasteiger partial charge in [-0.15, -0.1) is 12.4 Å². The highest BCUT2D eigenvalue weighted by molar-refractivity contribution is 5.95. The van der Waals surface area contributed by atoms with Crippen LogP contribution in [0.4, 0.5) is 4.39 Å². The third kappa shape index (κ3) is 4.20. The minimum atomic E-state index is -0.505. The van der Waals surface area contributed by atoms with Crippen molar-refractivity contribution in [3.63, 3.8) is 0 Å². The van der Waals surface area contributed by atoms with Crippen molar-refractivity contribution in [2.45, 2.75) is 12.8 Å². The van der Waals surface area contributed by atoms with Gasteiger partial charge in [-0.3, -0.25) is 9.59 Å². The third-order valence-electron chi connectivity index (χ3n) is 6.12. The van der Waals surface area contributed by atoms with Gasteiger partial charge in [-0.25, -0.2) is 9.49 Å². The molecule has 2 aliphatic heterocycles. The second kappa shape index (κ2) is 8.77. The van der Waals surface area contributed by atoms with E-state index in [1.54, 1.807) is 29.2 Å². The molecule has 6 nitrogen and oxygen atoms in total. The van der Waals surface area contributed by atoms with Crippen molar-refractivity contribution in [1.82, 2.24) is 20.0 Å². The molecular weight excluding hydrogens is 419 g/mol. The second-order valence-corrected chi connectivity index (χ2v) is 8.27. The molecule has 3 aromatic rings. The zero-order valence-electron chi connectivity index (χ0n) is 17.0. The van der Waals surface area contributed by atoms with Gasteiger partial charge in [0.1, 0.15) is 5.82 Å². The molecule has 0 atom stereocenters. The topological polar surface area (TPSA) is 69.3 Å². The van der Waals surface area contributed by atoms with Gasteiger partial charge in [-0.05, 0) is 43.3 Å². The molecule has 0 spiro atoms. The molecule has 0 radical (unpaired) electrons. The molecule has 1 aromatic heterocycles. The Kier molecular flexibility index (Phi) is 6.07. The van der Waals surface area contributed by atoms with Crippen LogP contribution in [0, 0.1) is 11.7 Å². The zero-order chi connectivity index (χ0) is 20.7. The van der Waals surface area contributed by atoms with Crippen molar-refractivity contribution >= 4 is 29.1 Å². The first kappa shape index (κ1) is 21.5. The fourth-order valence-corrected chi connectivity index (χ4v) is 4.30. The minimum Gasteiger partial charge on any atom is -0.338 e. The van der Waals surface area contributed by atoms with Crippen LogP contribution in [-0.4, -0.2) is 58.6 Å². The van der Waals surface area contributed by atoms with Crippen LogP contribution >= 0.6 is 12.4 Å². The Bertz CT molecular complexity index is 1170. The maximum Gasteiger partial charge on any atom is 0.272 e. The zero-order valence-corrected chi connectivity index (χ0v) is 17.8. The van der Waals surface area contributed by atoms with Crippen LogP contribution in [0.1, 0.15) is 28.0 Å². The maximum atomic E-state index is 14.4. The molecule has 1 N–H and O–H groups in total. The number of nitrogens with one attached hydrogen (secondary N) is 1. The summed E-state index contributed by atoms with van der Waals surface area (Å²) in [6.07, 6.45) is 1.66. The van der Waals surface area contributed by atoms with E-state index in [2.05, 4.69) is 15.1 Å². The van der Waals surface area contributed by atoms with Crippen molar-refractivity contribution < 1.29 is 9.18 Å². The van der Waals surface area contributed by atoms with Crippen molar-refractivity contribution in [2.75, 3.05) is 32.7 Å². The molecule has 2 fully saturated rings. The van der Waals surface area contributed by atoms with Crippen LogP contribution in [-0.2, 0) is 6.42 Å². The van der Waals surface area contributed by atoms with Gasteiger partial charge in [-0.2, -0.15) is 5.10 Å². The number of aromatic nitrogens is 2. The summed E-state index contributed by atoms with van der Waals surface area (Å²) in [5.41, 5.74) is 1.33. The SMILES string of the molecule is Cl.O=C(c1cc(Cc2n[nH]c(=O)c3ccccc23)ccc1F)N1CC(CN2CCC2)C1. The third-order valence-corrected chi connectivity index (χ3v) is 6.12. The predicted molar refractivity (Wildman–Crippen MR) is 119 cm³/mol. The van der Waals surface area contributed by atoms with E-state index in [1.165, 1.54) is 12.5 Å². The maximum absolute atomic E-state index is 14.4. The van der Waals surface area contributed by atoms with Gasteiger partial charge in [0.2, 0.25) is 0 Å². The molecule has 0 unspecified atom stereocenters. The van der Waals surface area contributed by atoms with Gasteiger partial charge in [0.15, 0.2) is 0 Å². The molecule has 31 heavy (non-hydrogen) atoms. The summed E-state index contributed by atoms with van der Waals surface area (Å²) in [5.74, 6) is -0.278. The number of nitrogens with zero attached hydrogens (tertiary/aromatic N) is 3. The van der Waals surface area contributed by atoms with Gasteiger partial charge in [0.25, 0.3) is 11.5 Å². The van der Waals surface area contributed by atoms with Gasteiger partial charge in [0, 0.05) is 37.4 Å². The Balaban J connectivity index is 0.00000231. The van der Waals surface area contributed by atoms with Crippen molar-refractivity contribution in [3.8, 4) is 0 Å². The Morgan fingerprint density at radius 1 is 1.13 bits per heavy atom. The number of rotatable bonds is 5. The fraction of sp³-hybridized carbons (Fsp3) is 0.348. The number of benzene rings is 2. The van der Waals surface area contributed by atoms with E-state index in [4.69, 9.17) is 0 Å².